The fourth-order valence-electron chi connectivity index (χ4n) is 2.37. The molecule has 28 heavy (non-hydrogen) atoms. The van der Waals surface area contributed by atoms with Gasteiger partial charge in [-0.15, -0.1) is 5.10 Å². The average Bonchev–Trinajstić information content (AvgIpc) is 2.67. The predicted octanol–water partition coefficient (Wildman–Crippen LogP) is 3.74. The molecule has 0 radical (unpaired) electrons. The number of hydrogen-bond acceptors (Lipinski definition) is 4. The van der Waals surface area contributed by atoms with E-state index >= 15 is 0 Å². The molecule has 0 aliphatic rings. The highest BCUT2D eigenvalue weighted by Gasteiger charge is 2.17. The zero-order valence-electron chi connectivity index (χ0n) is 15.1. The van der Waals surface area contributed by atoms with Crippen molar-refractivity contribution in [3.8, 4) is 11.6 Å². The Morgan fingerprint density at radius 1 is 1.18 bits per heavy atom. The number of carbonyl (C=O) groups excluding carboxylic acids is 1. The van der Waals surface area contributed by atoms with Crippen LogP contribution in [0.1, 0.15) is 12.5 Å². The first-order valence-electron chi connectivity index (χ1n) is 8.43. The molecule has 3 aromatic rings. The Labute approximate surface area is 165 Å². The van der Waals surface area contributed by atoms with E-state index in [1.165, 1.54) is 36.4 Å². The number of nitrogens with one attached hydrogen (secondary N) is 1. The number of aromatic nitrogens is 2. The monoisotopic (exact) mass is 401 g/mol. The van der Waals surface area contributed by atoms with Gasteiger partial charge in [-0.2, -0.15) is 4.68 Å². The maximum Gasteiger partial charge on any atom is 0.271 e. The van der Waals surface area contributed by atoms with Crippen LogP contribution in [-0.2, 0) is 4.79 Å². The number of halogens is 2. The number of anilines is 1. The molecule has 0 saturated heterocycles. The third-order valence-corrected chi connectivity index (χ3v) is 4.36. The van der Waals surface area contributed by atoms with E-state index in [-0.39, 0.29) is 5.88 Å². The van der Waals surface area contributed by atoms with Gasteiger partial charge in [0.05, 0.1) is 5.69 Å². The molecule has 1 heterocycles. The minimum atomic E-state index is -0.883. The first-order valence-corrected chi connectivity index (χ1v) is 8.81. The molecule has 2 aromatic carbocycles. The lowest BCUT2D eigenvalue weighted by Gasteiger charge is -2.15. The Morgan fingerprint density at radius 2 is 1.89 bits per heavy atom. The molecule has 3 rings (SSSR count). The van der Waals surface area contributed by atoms with E-state index in [1.54, 1.807) is 25.1 Å². The van der Waals surface area contributed by atoms with Crippen molar-refractivity contribution in [2.75, 3.05) is 5.32 Å². The second kappa shape index (κ2) is 8.22. The molecule has 1 amide bonds. The molecule has 8 heteroatoms. The predicted molar refractivity (Wildman–Crippen MR) is 105 cm³/mol. The van der Waals surface area contributed by atoms with Gasteiger partial charge in [0.2, 0.25) is 5.88 Å². The minimum Gasteiger partial charge on any atom is -0.463 e. The second-order valence-electron chi connectivity index (χ2n) is 6.11. The molecule has 1 N–H and O–H groups in total. The highest BCUT2D eigenvalue weighted by molar-refractivity contribution is 6.31. The van der Waals surface area contributed by atoms with Crippen LogP contribution in [0.15, 0.2) is 59.4 Å². The number of rotatable bonds is 5. The molecule has 1 aromatic heterocycles. The Balaban J connectivity index is 1.74. The van der Waals surface area contributed by atoms with Crippen molar-refractivity contribution in [2.24, 2.45) is 0 Å². The maximum atomic E-state index is 13.1. The van der Waals surface area contributed by atoms with Gasteiger partial charge in [-0.25, -0.2) is 4.39 Å². The molecule has 6 nitrogen and oxygen atoms in total. The van der Waals surface area contributed by atoms with E-state index in [0.29, 0.717) is 16.4 Å². The summed E-state index contributed by atoms with van der Waals surface area (Å²) in [6, 6.07) is 13.1. The molecule has 1 atom stereocenters. The largest absolute Gasteiger partial charge is 0.463 e. The summed E-state index contributed by atoms with van der Waals surface area (Å²) in [4.78, 5) is 24.4. The first-order chi connectivity index (χ1) is 13.3. The van der Waals surface area contributed by atoms with Crippen LogP contribution < -0.4 is 15.6 Å². The molecule has 0 aliphatic carbocycles. The molecule has 0 spiro atoms. The highest BCUT2D eigenvalue weighted by atomic mass is 35.5. The van der Waals surface area contributed by atoms with Crippen molar-refractivity contribution in [3.63, 3.8) is 0 Å². The highest BCUT2D eigenvalue weighted by Crippen LogP contribution is 2.20. The summed E-state index contributed by atoms with van der Waals surface area (Å²) in [5.41, 5.74) is 1.41. The number of hydrogen-bond donors (Lipinski definition) is 1. The number of amides is 1. The van der Waals surface area contributed by atoms with E-state index in [9.17, 15) is 14.0 Å². The van der Waals surface area contributed by atoms with Crippen LogP contribution in [0.3, 0.4) is 0 Å². The average molecular weight is 402 g/mol. The van der Waals surface area contributed by atoms with Crippen molar-refractivity contribution in [3.05, 3.63) is 81.4 Å². The van der Waals surface area contributed by atoms with Gasteiger partial charge in [0.15, 0.2) is 6.10 Å². The standard InChI is InChI=1S/C20H17ClFN3O3/c1-12-3-6-15(11-17(12)21)23-20(27)13(2)28-18-9-10-19(26)25(24-18)16-7-4-14(22)5-8-16/h3-11,13H,1-2H3,(H,23,27)/t13-/m0/s1. The van der Waals surface area contributed by atoms with Crippen LogP contribution in [-0.4, -0.2) is 21.8 Å². The summed E-state index contributed by atoms with van der Waals surface area (Å²) >= 11 is 6.06. The molecule has 0 fully saturated rings. The lowest BCUT2D eigenvalue weighted by molar-refractivity contribution is -0.122. The van der Waals surface area contributed by atoms with Gasteiger partial charge in [-0.1, -0.05) is 17.7 Å². The van der Waals surface area contributed by atoms with Gasteiger partial charge >= 0.3 is 0 Å². The molecule has 0 unspecified atom stereocenters. The molecule has 0 bridgehead atoms. The van der Waals surface area contributed by atoms with E-state index in [0.717, 1.165) is 10.2 Å². The maximum absolute atomic E-state index is 13.1. The second-order valence-corrected chi connectivity index (χ2v) is 6.52. The van der Waals surface area contributed by atoms with E-state index < -0.39 is 23.4 Å². The Hall–Kier alpha value is -3.19. The summed E-state index contributed by atoms with van der Waals surface area (Å²) in [5, 5.41) is 7.33. The van der Waals surface area contributed by atoms with E-state index in [2.05, 4.69) is 10.4 Å². The minimum absolute atomic E-state index is 0.0773. The summed E-state index contributed by atoms with van der Waals surface area (Å²) in [5.74, 6) is -0.750. The quantitative estimate of drug-likeness (QED) is 0.706. The third-order valence-electron chi connectivity index (χ3n) is 3.95. The smallest absolute Gasteiger partial charge is 0.271 e. The summed E-state index contributed by atoms with van der Waals surface area (Å²) < 4.78 is 19.7. The van der Waals surface area contributed by atoms with Gasteiger partial charge in [0.1, 0.15) is 5.82 Å². The van der Waals surface area contributed by atoms with E-state index in [1.807, 2.05) is 6.92 Å². The SMILES string of the molecule is Cc1ccc(NC(=O)[C@H](C)Oc2ccc(=O)n(-c3ccc(F)cc3)n2)cc1Cl. The normalized spacial score (nSPS) is 11.7. The number of carbonyl (C=O) groups is 1. The van der Waals surface area contributed by atoms with Crippen molar-refractivity contribution < 1.29 is 13.9 Å². The summed E-state index contributed by atoms with van der Waals surface area (Å²) in [7, 11) is 0. The van der Waals surface area contributed by atoms with Crippen LogP contribution >= 0.6 is 11.6 Å². The molecular weight excluding hydrogens is 385 g/mol. The van der Waals surface area contributed by atoms with Crippen LogP contribution in [0.5, 0.6) is 5.88 Å². The number of benzene rings is 2. The van der Waals surface area contributed by atoms with Crippen molar-refractivity contribution in [2.45, 2.75) is 20.0 Å². The Kier molecular flexibility index (Phi) is 5.75. The van der Waals surface area contributed by atoms with Crippen LogP contribution in [0, 0.1) is 12.7 Å². The number of nitrogens with zero attached hydrogens (tertiary/aromatic N) is 2. The lowest BCUT2D eigenvalue weighted by Crippen LogP contribution is -2.31. The zero-order chi connectivity index (χ0) is 20.3. The molecule has 0 aliphatic heterocycles. The van der Waals surface area contributed by atoms with Gasteiger partial charge in [-0.05, 0) is 55.8 Å². The van der Waals surface area contributed by atoms with Crippen molar-refractivity contribution in [1.82, 2.24) is 9.78 Å². The van der Waals surface area contributed by atoms with Crippen molar-refractivity contribution >= 4 is 23.2 Å². The van der Waals surface area contributed by atoms with Crippen LogP contribution in [0.4, 0.5) is 10.1 Å². The molecule has 0 saturated carbocycles. The fourth-order valence-corrected chi connectivity index (χ4v) is 2.55. The number of ether oxygens (including phenoxy) is 1. The third kappa shape index (κ3) is 4.55. The van der Waals surface area contributed by atoms with Gasteiger partial charge in [0.25, 0.3) is 11.5 Å². The van der Waals surface area contributed by atoms with Gasteiger partial charge < -0.3 is 10.1 Å². The van der Waals surface area contributed by atoms with Crippen LogP contribution in [0.2, 0.25) is 5.02 Å². The summed E-state index contributed by atoms with van der Waals surface area (Å²) in [6.45, 7) is 3.42. The van der Waals surface area contributed by atoms with E-state index in [4.69, 9.17) is 16.3 Å². The summed E-state index contributed by atoms with van der Waals surface area (Å²) in [6.07, 6.45) is -0.883. The fraction of sp³-hybridized carbons (Fsp3) is 0.150. The van der Waals surface area contributed by atoms with Crippen molar-refractivity contribution in [1.29, 1.82) is 0 Å². The van der Waals surface area contributed by atoms with Gasteiger partial charge in [-0.3, -0.25) is 9.59 Å². The molecular formula is C20H17ClFN3O3. The Bertz CT molecular complexity index is 1070. The van der Waals surface area contributed by atoms with Gasteiger partial charge in [0, 0.05) is 22.8 Å². The zero-order valence-corrected chi connectivity index (χ0v) is 15.9. The topological polar surface area (TPSA) is 73.2 Å². The first kappa shape index (κ1) is 19.6. The Morgan fingerprint density at radius 3 is 2.57 bits per heavy atom. The van der Waals surface area contributed by atoms with Crippen LogP contribution in [0.25, 0.3) is 5.69 Å². The number of aryl methyl sites for hydroxylation is 1. The lowest BCUT2D eigenvalue weighted by atomic mass is 10.2. The molecule has 144 valence electrons.